The summed E-state index contributed by atoms with van der Waals surface area (Å²) in [5.74, 6) is -0.192. The molecule has 0 bridgehead atoms. The zero-order valence-electron chi connectivity index (χ0n) is 8.86. The molecule has 0 atom stereocenters. The van der Waals surface area contributed by atoms with E-state index in [0.29, 0.717) is 11.3 Å². The van der Waals surface area contributed by atoms with Crippen molar-refractivity contribution in [1.82, 2.24) is 0 Å². The van der Waals surface area contributed by atoms with Crippen LogP contribution in [0.15, 0.2) is 42.5 Å². The summed E-state index contributed by atoms with van der Waals surface area (Å²) in [5, 5.41) is 8.92. The van der Waals surface area contributed by atoms with Crippen LogP contribution in [0.3, 0.4) is 0 Å². The number of ether oxygens (including phenoxy) is 1. The lowest BCUT2D eigenvalue weighted by Gasteiger charge is -2.07. The van der Waals surface area contributed by atoms with E-state index < -0.39 is 5.82 Å². The molecular formula is C13H10F2O2. The van der Waals surface area contributed by atoms with Gasteiger partial charge in [-0.15, -0.1) is 0 Å². The summed E-state index contributed by atoms with van der Waals surface area (Å²) >= 11 is 0. The third-order valence-corrected chi connectivity index (χ3v) is 2.16. The average molecular weight is 236 g/mol. The van der Waals surface area contributed by atoms with Crippen LogP contribution in [-0.2, 0) is 6.61 Å². The number of hydrogen-bond donors (Lipinski definition) is 1. The van der Waals surface area contributed by atoms with Gasteiger partial charge >= 0.3 is 0 Å². The van der Waals surface area contributed by atoms with E-state index in [9.17, 15) is 8.78 Å². The Hall–Kier alpha value is -1.94. The molecule has 2 nitrogen and oxygen atoms in total. The third kappa shape index (κ3) is 3.01. The fourth-order valence-electron chi connectivity index (χ4n) is 1.41. The third-order valence-electron chi connectivity index (χ3n) is 2.16. The van der Waals surface area contributed by atoms with Crippen LogP contribution in [0.1, 0.15) is 5.56 Å². The lowest BCUT2D eigenvalue weighted by atomic mass is 10.2. The van der Waals surface area contributed by atoms with Crippen LogP contribution < -0.4 is 4.74 Å². The van der Waals surface area contributed by atoms with Crippen molar-refractivity contribution in [2.75, 3.05) is 0 Å². The SMILES string of the molecule is OCc1cc(F)cc(Oc2ccc(F)cc2)c1. The minimum Gasteiger partial charge on any atom is -0.457 e. The molecule has 1 N–H and O–H groups in total. The molecule has 17 heavy (non-hydrogen) atoms. The summed E-state index contributed by atoms with van der Waals surface area (Å²) in [7, 11) is 0. The average Bonchev–Trinajstić information content (AvgIpc) is 2.31. The summed E-state index contributed by atoms with van der Waals surface area (Å²) in [6, 6.07) is 9.33. The summed E-state index contributed by atoms with van der Waals surface area (Å²) in [6.07, 6.45) is 0. The Kier molecular flexibility index (Phi) is 3.35. The molecule has 0 saturated carbocycles. The molecule has 4 heteroatoms. The highest BCUT2D eigenvalue weighted by atomic mass is 19.1. The topological polar surface area (TPSA) is 29.5 Å². The molecule has 0 radical (unpaired) electrons. The molecule has 0 aliphatic heterocycles. The van der Waals surface area contributed by atoms with Crippen LogP contribution in [0.4, 0.5) is 8.78 Å². The van der Waals surface area contributed by atoms with Gasteiger partial charge in [-0.3, -0.25) is 0 Å². The van der Waals surface area contributed by atoms with Crippen molar-refractivity contribution in [1.29, 1.82) is 0 Å². The maximum absolute atomic E-state index is 13.1. The molecule has 2 aromatic carbocycles. The maximum atomic E-state index is 13.1. The van der Waals surface area contributed by atoms with E-state index in [2.05, 4.69) is 0 Å². The van der Waals surface area contributed by atoms with Crippen LogP contribution >= 0.6 is 0 Å². The molecule has 0 heterocycles. The Balaban J connectivity index is 2.23. The molecule has 2 rings (SSSR count). The number of rotatable bonds is 3. The molecule has 2 aromatic rings. The van der Waals surface area contributed by atoms with Gasteiger partial charge in [0, 0.05) is 6.07 Å². The van der Waals surface area contributed by atoms with Gasteiger partial charge in [0.15, 0.2) is 0 Å². The zero-order chi connectivity index (χ0) is 12.3. The monoisotopic (exact) mass is 236 g/mol. The van der Waals surface area contributed by atoms with Crippen molar-refractivity contribution in [2.24, 2.45) is 0 Å². The summed E-state index contributed by atoms with van der Waals surface area (Å²) in [6.45, 7) is -0.266. The van der Waals surface area contributed by atoms with Crippen molar-refractivity contribution in [2.45, 2.75) is 6.61 Å². The van der Waals surface area contributed by atoms with Gasteiger partial charge in [-0.1, -0.05) is 0 Å². The van der Waals surface area contributed by atoms with Crippen molar-refractivity contribution < 1.29 is 18.6 Å². The lowest BCUT2D eigenvalue weighted by Crippen LogP contribution is -1.90. The molecule has 0 amide bonds. The quantitative estimate of drug-likeness (QED) is 0.886. The van der Waals surface area contributed by atoms with E-state index in [1.807, 2.05) is 0 Å². The first-order valence-electron chi connectivity index (χ1n) is 5.01. The molecule has 0 spiro atoms. The van der Waals surface area contributed by atoms with Crippen LogP contribution in [0.2, 0.25) is 0 Å². The normalized spacial score (nSPS) is 10.3. The van der Waals surface area contributed by atoms with Gasteiger partial charge in [0.1, 0.15) is 23.1 Å². The predicted octanol–water partition coefficient (Wildman–Crippen LogP) is 3.25. The maximum Gasteiger partial charge on any atom is 0.130 e. The summed E-state index contributed by atoms with van der Waals surface area (Å²) < 4.78 is 31.1. The number of aliphatic hydroxyl groups excluding tert-OH is 1. The Morgan fingerprint density at radius 3 is 2.24 bits per heavy atom. The highest BCUT2D eigenvalue weighted by Crippen LogP contribution is 2.23. The minimum atomic E-state index is -0.492. The first kappa shape index (κ1) is 11.5. The van der Waals surface area contributed by atoms with E-state index in [-0.39, 0.29) is 18.2 Å². The van der Waals surface area contributed by atoms with Gasteiger partial charge < -0.3 is 9.84 Å². The van der Waals surface area contributed by atoms with E-state index in [1.165, 1.54) is 42.5 Å². The van der Waals surface area contributed by atoms with Crippen molar-refractivity contribution in [3.05, 3.63) is 59.7 Å². The van der Waals surface area contributed by atoms with Gasteiger partial charge in [0.2, 0.25) is 0 Å². The van der Waals surface area contributed by atoms with E-state index >= 15 is 0 Å². The van der Waals surface area contributed by atoms with E-state index in [1.54, 1.807) is 0 Å². The molecular weight excluding hydrogens is 226 g/mol. The van der Waals surface area contributed by atoms with E-state index in [0.717, 1.165) is 0 Å². The van der Waals surface area contributed by atoms with Gasteiger partial charge in [0.05, 0.1) is 6.61 Å². The highest BCUT2D eigenvalue weighted by molar-refractivity contribution is 5.34. The van der Waals surface area contributed by atoms with Crippen LogP contribution in [0.5, 0.6) is 11.5 Å². The second kappa shape index (κ2) is 4.93. The molecule has 0 unspecified atom stereocenters. The predicted molar refractivity (Wildman–Crippen MR) is 58.8 cm³/mol. The summed E-state index contributed by atoms with van der Waals surface area (Å²) in [5.41, 5.74) is 0.419. The molecule has 0 aliphatic rings. The molecule has 88 valence electrons. The highest BCUT2D eigenvalue weighted by Gasteiger charge is 2.03. The number of hydrogen-bond acceptors (Lipinski definition) is 2. The van der Waals surface area contributed by atoms with Gasteiger partial charge in [-0.2, -0.15) is 0 Å². The molecule has 0 fully saturated rings. The van der Waals surface area contributed by atoms with Gasteiger partial charge in [0.25, 0.3) is 0 Å². The Bertz CT molecular complexity index is 509. The van der Waals surface area contributed by atoms with E-state index in [4.69, 9.17) is 9.84 Å². The fourth-order valence-corrected chi connectivity index (χ4v) is 1.41. The molecule has 0 aliphatic carbocycles. The number of aliphatic hydroxyl groups is 1. The fraction of sp³-hybridized carbons (Fsp3) is 0.0769. The zero-order valence-corrected chi connectivity index (χ0v) is 8.86. The Morgan fingerprint density at radius 2 is 1.59 bits per heavy atom. The van der Waals surface area contributed by atoms with Crippen LogP contribution in [0.25, 0.3) is 0 Å². The van der Waals surface area contributed by atoms with Gasteiger partial charge in [-0.25, -0.2) is 8.78 Å². The number of benzene rings is 2. The Morgan fingerprint density at radius 1 is 0.882 bits per heavy atom. The molecule has 0 aromatic heterocycles. The van der Waals surface area contributed by atoms with Crippen LogP contribution in [-0.4, -0.2) is 5.11 Å². The second-order valence-electron chi connectivity index (χ2n) is 3.51. The standard InChI is InChI=1S/C13H10F2O2/c14-10-1-3-12(4-2-10)17-13-6-9(8-16)5-11(15)7-13/h1-7,16H,8H2. The van der Waals surface area contributed by atoms with Crippen LogP contribution in [0, 0.1) is 11.6 Å². The minimum absolute atomic E-state index is 0.264. The Labute approximate surface area is 97.1 Å². The molecule has 0 saturated heterocycles. The largest absolute Gasteiger partial charge is 0.457 e. The smallest absolute Gasteiger partial charge is 0.130 e. The first-order valence-corrected chi connectivity index (χ1v) is 5.01. The summed E-state index contributed by atoms with van der Waals surface area (Å²) in [4.78, 5) is 0. The lowest BCUT2D eigenvalue weighted by molar-refractivity contribution is 0.280. The van der Waals surface area contributed by atoms with Crippen molar-refractivity contribution >= 4 is 0 Å². The number of halogens is 2. The second-order valence-corrected chi connectivity index (χ2v) is 3.51. The first-order chi connectivity index (χ1) is 8.17. The van der Waals surface area contributed by atoms with Gasteiger partial charge in [-0.05, 0) is 42.0 Å². The van der Waals surface area contributed by atoms with Crippen molar-refractivity contribution in [3.63, 3.8) is 0 Å². The van der Waals surface area contributed by atoms with Crippen molar-refractivity contribution in [3.8, 4) is 11.5 Å².